The van der Waals surface area contributed by atoms with Gasteiger partial charge in [0.15, 0.2) is 0 Å². The molecule has 2 unspecified atom stereocenters. The molecule has 2 rings (SSSR count). The van der Waals surface area contributed by atoms with E-state index in [0.29, 0.717) is 13.2 Å². The number of ether oxygens (including phenoxy) is 1. The Morgan fingerprint density at radius 3 is 2.95 bits per heavy atom. The van der Waals surface area contributed by atoms with Crippen molar-refractivity contribution in [2.24, 2.45) is 0 Å². The van der Waals surface area contributed by atoms with Gasteiger partial charge in [-0.1, -0.05) is 12.1 Å². The standard InChI is InChI=1S/C13H19N3O3/c1-9-8-19-10(2)6-15(9)7-11-4-3-5-12(13(11)14)16(17)18/h3-5,9-10H,6-8,14H2,1-2H3. The summed E-state index contributed by atoms with van der Waals surface area (Å²) >= 11 is 0. The maximum absolute atomic E-state index is 10.9. The fraction of sp³-hybridized carbons (Fsp3) is 0.538. The summed E-state index contributed by atoms with van der Waals surface area (Å²) < 4.78 is 5.57. The van der Waals surface area contributed by atoms with Crippen LogP contribution in [-0.2, 0) is 11.3 Å². The SMILES string of the molecule is CC1CN(Cc2cccc([N+](=O)[O-])c2N)C(C)CO1. The average molecular weight is 265 g/mol. The van der Waals surface area contributed by atoms with Gasteiger partial charge in [-0.05, 0) is 19.4 Å². The van der Waals surface area contributed by atoms with E-state index in [9.17, 15) is 10.1 Å². The fourth-order valence-corrected chi connectivity index (χ4v) is 2.31. The molecule has 1 aromatic carbocycles. The predicted octanol–water partition coefficient (Wildman–Crippen LogP) is 1.79. The highest BCUT2D eigenvalue weighted by Gasteiger charge is 2.25. The zero-order chi connectivity index (χ0) is 14.0. The lowest BCUT2D eigenvalue weighted by Crippen LogP contribution is -2.46. The number of anilines is 1. The van der Waals surface area contributed by atoms with Crippen LogP contribution in [0.4, 0.5) is 11.4 Å². The fourth-order valence-electron chi connectivity index (χ4n) is 2.31. The van der Waals surface area contributed by atoms with Crippen molar-refractivity contribution in [1.82, 2.24) is 4.90 Å². The highest BCUT2D eigenvalue weighted by atomic mass is 16.6. The van der Waals surface area contributed by atoms with E-state index in [1.54, 1.807) is 6.07 Å². The molecule has 0 bridgehead atoms. The molecule has 1 saturated heterocycles. The molecule has 0 amide bonds. The summed E-state index contributed by atoms with van der Waals surface area (Å²) in [6, 6.07) is 5.24. The summed E-state index contributed by atoms with van der Waals surface area (Å²) in [6.07, 6.45) is 0.177. The molecule has 0 aromatic heterocycles. The lowest BCUT2D eigenvalue weighted by Gasteiger charge is -2.36. The first-order chi connectivity index (χ1) is 8.99. The van der Waals surface area contributed by atoms with Gasteiger partial charge < -0.3 is 10.5 Å². The van der Waals surface area contributed by atoms with E-state index in [1.807, 2.05) is 13.0 Å². The Bertz CT molecular complexity index is 478. The molecule has 2 N–H and O–H groups in total. The third kappa shape index (κ3) is 3.02. The van der Waals surface area contributed by atoms with E-state index in [4.69, 9.17) is 10.5 Å². The van der Waals surface area contributed by atoms with Gasteiger partial charge in [0.1, 0.15) is 5.69 Å². The van der Waals surface area contributed by atoms with E-state index in [0.717, 1.165) is 12.1 Å². The van der Waals surface area contributed by atoms with Gasteiger partial charge in [0.05, 0.1) is 17.6 Å². The van der Waals surface area contributed by atoms with Crippen LogP contribution in [0.1, 0.15) is 19.4 Å². The highest BCUT2D eigenvalue weighted by molar-refractivity contribution is 5.62. The zero-order valence-corrected chi connectivity index (χ0v) is 11.2. The van der Waals surface area contributed by atoms with E-state index in [-0.39, 0.29) is 23.5 Å². The second-order valence-electron chi connectivity index (χ2n) is 5.03. The second kappa shape index (κ2) is 5.54. The van der Waals surface area contributed by atoms with Crippen LogP contribution in [0.25, 0.3) is 0 Å². The summed E-state index contributed by atoms with van der Waals surface area (Å²) in [7, 11) is 0. The molecule has 0 spiro atoms. The van der Waals surface area contributed by atoms with Gasteiger partial charge in [-0.15, -0.1) is 0 Å². The number of benzene rings is 1. The van der Waals surface area contributed by atoms with Crippen molar-refractivity contribution < 1.29 is 9.66 Å². The smallest absolute Gasteiger partial charge is 0.292 e. The van der Waals surface area contributed by atoms with Crippen LogP contribution >= 0.6 is 0 Å². The number of para-hydroxylation sites is 1. The zero-order valence-electron chi connectivity index (χ0n) is 11.2. The molecule has 1 heterocycles. The summed E-state index contributed by atoms with van der Waals surface area (Å²) in [4.78, 5) is 12.7. The monoisotopic (exact) mass is 265 g/mol. The lowest BCUT2D eigenvalue weighted by molar-refractivity contribution is -0.384. The van der Waals surface area contributed by atoms with E-state index >= 15 is 0 Å². The Morgan fingerprint density at radius 2 is 2.26 bits per heavy atom. The summed E-state index contributed by atoms with van der Waals surface area (Å²) in [5.41, 5.74) is 6.92. The largest absolute Gasteiger partial charge is 0.393 e. The van der Waals surface area contributed by atoms with Crippen LogP contribution < -0.4 is 5.73 Å². The molecule has 0 saturated carbocycles. The molecule has 6 heteroatoms. The van der Waals surface area contributed by atoms with Crippen LogP contribution in [0.2, 0.25) is 0 Å². The summed E-state index contributed by atoms with van der Waals surface area (Å²) in [6.45, 7) is 6.21. The van der Waals surface area contributed by atoms with Crippen LogP contribution in [0.3, 0.4) is 0 Å². The van der Waals surface area contributed by atoms with Gasteiger partial charge in [-0.2, -0.15) is 0 Å². The van der Waals surface area contributed by atoms with Gasteiger partial charge in [0, 0.05) is 25.2 Å². The van der Waals surface area contributed by atoms with Gasteiger partial charge in [-0.25, -0.2) is 0 Å². The Balaban J connectivity index is 2.19. The number of nitrogens with two attached hydrogens (primary N) is 1. The van der Waals surface area contributed by atoms with Gasteiger partial charge in [0.25, 0.3) is 5.69 Å². The van der Waals surface area contributed by atoms with Crippen LogP contribution in [-0.4, -0.2) is 35.1 Å². The van der Waals surface area contributed by atoms with Crippen molar-refractivity contribution in [3.63, 3.8) is 0 Å². The average Bonchev–Trinajstić information content (AvgIpc) is 2.36. The van der Waals surface area contributed by atoms with Gasteiger partial charge >= 0.3 is 0 Å². The summed E-state index contributed by atoms with van der Waals surface area (Å²) in [5, 5.41) is 10.9. The number of nitrogens with zero attached hydrogens (tertiary/aromatic N) is 2. The van der Waals surface area contributed by atoms with Crippen molar-refractivity contribution >= 4 is 11.4 Å². The van der Waals surface area contributed by atoms with E-state index in [2.05, 4.69) is 11.8 Å². The molecule has 1 aromatic rings. The molecule has 2 atom stereocenters. The van der Waals surface area contributed by atoms with E-state index < -0.39 is 4.92 Å². The molecular weight excluding hydrogens is 246 g/mol. The quantitative estimate of drug-likeness (QED) is 0.512. The number of rotatable bonds is 3. The van der Waals surface area contributed by atoms with Crippen LogP contribution in [0.15, 0.2) is 18.2 Å². The third-order valence-corrected chi connectivity index (χ3v) is 3.48. The first-order valence-electron chi connectivity index (χ1n) is 6.36. The number of nitro benzene ring substituents is 1. The number of hydrogen-bond donors (Lipinski definition) is 1. The third-order valence-electron chi connectivity index (χ3n) is 3.48. The second-order valence-corrected chi connectivity index (χ2v) is 5.03. The summed E-state index contributed by atoms with van der Waals surface area (Å²) in [5.74, 6) is 0. The molecule has 6 nitrogen and oxygen atoms in total. The molecule has 104 valence electrons. The number of morpholine rings is 1. The molecule has 1 aliphatic rings. The molecule has 1 aliphatic heterocycles. The first-order valence-corrected chi connectivity index (χ1v) is 6.36. The number of nitrogen functional groups attached to an aromatic ring is 1. The normalized spacial score (nSPS) is 24.3. The Morgan fingerprint density at radius 1 is 1.53 bits per heavy atom. The minimum atomic E-state index is -0.440. The van der Waals surface area contributed by atoms with Crippen molar-refractivity contribution in [3.05, 3.63) is 33.9 Å². The molecule has 1 fully saturated rings. The number of hydrogen-bond acceptors (Lipinski definition) is 5. The Labute approximate surface area is 112 Å². The van der Waals surface area contributed by atoms with Crippen LogP contribution in [0.5, 0.6) is 0 Å². The first kappa shape index (κ1) is 13.8. The Kier molecular flexibility index (Phi) is 4.01. The molecule has 0 radical (unpaired) electrons. The molecular formula is C13H19N3O3. The van der Waals surface area contributed by atoms with Gasteiger partial charge in [0.2, 0.25) is 0 Å². The maximum atomic E-state index is 10.9. The number of nitro groups is 1. The van der Waals surface area contributed by atoms with Crippen molar-refractivity contribution in [2.45, 2.75) is 32.5 Å². The van der Waals surface area contributed by atoms with Crippen LogP contribution in [0, 0.1) is 10.1 Å². The predicted molar refractivity (Wildman–Crippen MR) is 72.8 cm³/mol. The minimum Gasteiger partial charge on any atom is -0.393 e. The maximum Gasteiger partial charge on any atom is 0.292 e. The van der Waals surface area contributed by atoms with E-state index in [1.165, 1.54) is 6.07 Å². The van der Waals surface area contributed by atoms with Crippen molar-refractivity contribution in [1.29, 1.82) is 0 Å². The lowest BCUT2D eigenvalue weighted by atomic mass is 10.1. The van der Waals surface area contributed by atoms with Crippen molar-refractivity contribution in [3.8, 4) is 0 Å². The highest BCUT2D eigenvalue weighted by Crippen LogP contribution is 2.27. The Hall–Kier alpha value is -1.66. The topological polar surface area (TPSA) is 81.6 Å². The van der Waals surface area contributed by atoms with Crippen molar-refractivity contribution in [2.75, 3.05) is 18.9 Å². The molecule has 0 aliphatic carbocycles. The minimum absolute atomic E-state index is 0.0218. The van der Waals surface area contributed by atoms with Gasteiger partial charge in [-0.3, -0.25) is 15.0 Å². The molecule has 19 heavy (non-hydrogen) atoms.